The standard InChI is InChI=1S/C18H24N4O2/c23-17-4-1-3-15(17)13-20-18(24)19-11-9-14-5-7-16(8-6-14)22-12-2-10-21-22/h2,5-8,10,12,15,17,23H,1,3-4,9,11,13H2,(H2,19,20,24)/t15-,17+/m1/s1. The number of aliphatic hydroxyl groups is 1. The predicted octanol–water partition coefficient (Wildman–Crippen LogP) is 1.88. The van der Waals surface area contributed by atoms with Crippen molar-refractivity contribution in [3.8, 4) is 5.69 Å². The summed E-state index contributed by atoms with van der Waals surface area (Å²) in [7, 11) is 0. The summed E-state index contributed by atoms with van der Waals surface area (Å²) in [6, 6.07) is 9.86. The van der Waals surface area contributed by atoms with E-state index in [0.717, 1.165) is 36.9 Å². The molecule has 24 heavy (non-hydrogen) atoms. The minimum Gasteiger partial charge on any atom is -0.393 e. The van der Waals surface area contributed by atoms with Crippen LogP contribution in [0.25, 0.3) is 5.69 Å². The van der Waals surface area contributed by atoms with Crippen molar-refractivity contribution in [3.63, 3.8) is 0 Å². The van der Waals surface area contributed by atoms with E-state index >= 15 is 0 Å². The van der Waals surface area contributed by atoms with Crippen molar-refractivity contribution in [2.24, 2.45) is 5.92 Å². The predicted molar refractivity (Wildman–Crippen MR) is 92.0 cm³/mol. The van der Waals surface area contributed by atoms with Gasteiger partial charge in [0.2, 0.25) is 0 Å². The van der Waals surface area contributed by atoms with Crippen LogP contribution in [0.4, 0.5) is 4.79 Å². The lowest BCUT2D eigenvalue weighted by Crippen LogP contribution is -2.40. The van der Waals surface area contributed by atoms with Gasteiger partial charge in [-0.05, 0) is 43.0 Å². The maximum Gasteiger partial charge on any atom is 0.314 e. The number of hydrogen-bond acceptors (Lipinski definition) is 3. The molecule has 2 amide bonds. The van der Waals surface area contributed by atoms with Gasteiger partial charge in [0, 0.05) is 31.4 Å². The molecule has 3 rings (SSSR count). The number of aliphatic hydroxyl groups excluding tert-OH is 1. The molecule has 2 aromatic rings. The Labute approximate surface area is 141 Å². The number of carbonyl (C=O) groups is 1. The lowest BCUT2D eigenvalue weighted by atomic mass is 10.1. The van der Waals surface area contributed by atoms with Crippen molar-refractivity contribution >= 4 is 6.03 Å². The molecule has 0 unspecified atom stereocenters. The zero-order valence-electron chi connectivity index (χ0n) is 13.7. The largest absolute Gasteiger partial charge is 0.393 e. The van der Waals surface area contributed by atoms with Gasteiger partial charge in [0.25, 0.3) is 0 Å². The SMILES string of the molecule is O=C(NCCc1ccc(-n2cccn2)cc1)NC[C@H]1CCC[C@@H]1O. The molecule has 1 aliphatic rings. The Hall–Kier alpha value is -2.34. The molecular weight excluding hydrogens is 304 g/mol. The summed E-state index contributed by atoms with van der Waals surface area (Å²) in [5, 5.41) is 19.6. The molecule has 6 heteroatoms. The molecule has 1 aliphatic carbocycles. The molecule has 1 heterocycles. The number of urea groups is 1. The molecule has 1 fully saturated rings. The Bertz CT molecular complexity index is 640. The zero-order chi connectivity index (χ0) is 16.8. The highest BCUT2D eigenvalue weighted by Gasteiger charge is 2.25. The quantitative estimate of drug-likeness (QED) is 0.757. The van der Waals surface area contributed by atoms with E-state index in [0.29, 0.717) is 13.1 Å². The molecular formula is C18H24N4O2. The fourth-order valence-electron chi connectivity index (χ4n) is 3.10. The minimum absolute atomic E-state index is 0.165. The topological polar surface area (TPSA) is 79.2 Å². The Morgan fingerprint density at radius 3 is 2.75 bits per heavy atom. The van der Waals surface area contributed by atoms with Gasteiger partial charge in [0.1, 0.15) is 0 Å². The highest BCUT2D eigenvalue weighted by atomic mass is 16.3. The summed E-state index contributed by atoms with van der Waals surface area (Å²) in [5.74, 6) is 0.200. The molecule has 0 bridgehead atoms. The smallest absolute Gasteiger partial charge is 0.314 e. The van der Waals surface area contributed by atoms with Crippen LogP contribution in [0.3, 0.4) is 0 Å². The number of rotatable bonds is 6. The van der Waals surface area contributed by atoms with Crippen LogP contribution >= 0.6 is 0 Å². The van der Waals surface area contributed by atoms with Gasteiger partial charge in [-0.3, -0.25) is 0 Å². The van der Waals surface area contributed by atoms with Gasteiger partial charge in [0.05, 0.1) is 11.8 Å². The maximum absolute atomic E-state index is 11.8. The highest BCUT2D eigenvalue weighted by molar-refractivity contribution is 5.73. The zero-order valence-corrected chi connectivity index (χ0v) is 13.7. The Kier molecular flexibility index (Phi) is 5.48. The van der Waals surface area contributed by atoms with Crippen LogP contribution in [0.15, 0.2) is 42.7 Å². The first-order chi connectivity index (χ1) is 11.7. The van der Waals surface area contributed by atoms with Gasteiger partial charge in [0.15, 0.2) is 0 Å². The number of aromatic nitrogens is 2. The van der Waals surface area contributed by atoms with Crippen molar-refractivity contribution in [3.05, 3.63) is 48.3 Å². The van der Waals surface area contributed by atoms with Crippen LogP contribution in [0.2, 0.25) is 0 Å². The molecule has 0 radical (unpaired) electrons. The van der Waals surface area contributed by atoms with Gasteiger partial charge in [-0.2, -0.15) is 5.10 Å². The minimum atomic E-state index is -0.265. The summed E-state index contributed by atoms with van der Waals surface area (Å²) in [6.07, 6.45) is 7.05. The van der Waals surface area contributed by atoms with E-state index in [1.165, 1.54) is 0 Å². The number of amides is 2. The van der Waals surface area contributed by atoms with Crippen molar-refractivity contribution in [2.45, 2.75) is 31.8 Å². The molecule has 1 aromatic carbocycles. The molecule has 2 atom stereocenters. The molecule has 0 aliphatic heterocycles. The van der Waals surface area contributed by atoms with E-state index in [9.17, 15) is 9.90 Å². The third-order valence-electron chi connectivity index (χ3n) is 4.55. The van der Waals surface area contributed by atoms with Crippen LogP contribution in [0.5, 0.6) is 0 Å². The normalized spacial score (nSPS) is 20.0. The molecule has 0 spiro atoms. The first-order valence-electron chi connectivity index (χ1n) is 8.51. The van der Waals surface area contributed by atoms with Gasteiger partial charge in [-0.15, -0.1) is 0 Å². The van der Waals surface area contributed by atoms with E-state index in [1.807, 2.05) is 41.2 Å². The Balaban J connectivity index is 1.37. The maximum atomic E-state index is 11.8. The third kappa shape index (κ3) is 4.35. The third-order valence-corrected chi connectivity index (χ3v) is 4.55. The second kappa shape index (κ2) is 7.97. The number of hydrogen-bond donors (Lipinski definition) is 3. The second-order valence-electron chi connectivity index (χ2n) is 6.26. The summed E-state index contributed by atoms with van der Waals surface area (Å²) in [6.45, 7) is 1.13. The fraction of sp³-hybridized carbons (Fsp3) is 0.444. The molecule has 6 nitrogen and oxygen atoms in total. The van der Waals surface area contributed by atoms with Crippen molar-refractivity contribution in [2.75, 3.05) is 13.1 Å². The molecule has 3 N–H and O–H groups in total. The van der Waals surface area contributed by atoms with E-state index in [2.05, 4.69) is 15.7 Å². The van der Waals surface area contributed by atoms with Crippen LogP contribution < -0.4 is 10.6 Å². The Morgan fingerprint density at radius 1 is 1.25 bits per heavy atom. The van der Waals surface area contributed by atoms with E-state index in [4.69, 9.17) is 0 Å². The van der Waals surface area contributed by atoms with Gasteiger partial charge < -0.3 is 15.7 Å². The van der Waals surface area contributed by atoms with Gasteiger partial charge >= 0.3 is 6.03 Å². The van der Waals surface area contributed by atoms with E-state index in [1.54, 1.807) is 6.20 Å². The fourth-order valence-corrected chi connectivity index (χ4v) is 3.10. The summed E-state index contributed by atoms with van der Waals surface area (Å²) in [4.78, 5) is 11.8. The number of nitrogens with one attached hydrogen (secondary N) is 2. The molecule has 0 saturated heterocycles. The van der Waals surface area contributed by atoms with E-state index < -0.39 is 0 Å². The van der Waals surface area contributed by atoms with Crippen LogP contribution in [-0.4, -0.2) is 40.1 Å². The summed E-state index contributed by atoms with van der Waals surface area (Å²) in [5.41, 5.74) is 2.18. The summed E-state index contributed by atoms with van der Waals surface area (Å²) < 4.78 is 1.81. The lowest BCUT2D eigenvalue weighted by molar-refractivity contribution is 0.132. The number of nitrogens with zero attached hydrogens (tertiary/aromatic N) is 2. The molecule has 128 valence electrons. The average Bonchev–Trinajstić information content (AvgIpc) is 3.25. The first kappa shape index (κ1) is 16.5. The molecule has 1 aromatic heterocycles. The van der Waals surface area contributed by atoms with Crippen LogP contribution in [-0.2, 0) is 6.42 Å². The lowest BCUT2D eigenvalue weighted by Gasteiger charge is -2.15. The Morgan fingerprint density at radius 2 is 2.08 bits per heavy atom. The highest BCUT2D eigenvalue weighted by Crippen LogP contribution is 2.24. The summed E-state index contributed by atoms with van der Waals surface area (Å²) >= 11 is 0. The van der Waals surface area contributed by atoms with Crippen LogP contribution in [0, 0.1) is 5.92 Å². The monoisotopic (exact) mass is 328 g/mol. The second-order valence-corrected chi connectivity index (χ2v) is 6.26. The molecule has 1 saturated carbocycles. The van der Waals surface area contributed by atoms with E-state index in [-0.39, 0.29) is 18.1 Å². The first-order valence-corrected chi connectivity index (χ1v) is 8.51. The van der Waals surface area contributed by atoms with Crippen molar-refractivity contribution < 1.29 is 9.90 Å². The average molecular weight is 328 g/mol. The van der Waals surface area contributed by atoms with Crippen LogP contribution in [0.1, 0.15) is 24.8 Å². The van der Waals surface area contributed by atoms with Gasteiger partial charge in [-0.25, -0.2) is 9.48 Å². The van der Waals surface area contributed by atoms with Crippen molar-refractivity contribution in [1.82, 2.24) is 20.4 Å². The van der Waals surface area contributed by atoms with Gasteiger partial charge in [-0.1, -0.05) is 18.6 Å². The number of carbonyl (C=O) groups excluding carboxylic acids is 1. The van der Waals surface area contributed by atoms with Crippen molar-refractivity contribution in [1.29, 1.82) is 0 Å². The number of benzene rings is 1.